The second-order valence-corrected chi connectivity index (χ2v) is 4.02. The Morgan fingerprint density at radius 2 is 2.12 bits per heavy atom. The maximum atomic E-state index is 11.3. The fourth-order valence-electron chi connectivity index (χ4n) is 1.71. The molecule has 1 unspecified atom stereocenters. The largest absolute Gasteiger partial charge is 0.494 e. The molecular formula is C13H17ClO2. The molecule has 0 aliphatic heterocycles. The van der Waals surface area contributed by atoms with Crippen molar-refractivity contribution in [2.24, 2.45) is 0 Å². The minimum Gasteiger partial charge on any atom is -0.494 e. The van der Waals surface area contributed by atoms with Crippen molar-refractivity contribution >= 4 is 17.4 Å². The molecule has 1 aromatic carbocycles. The molecule has 1 rings (SSSR count). The topological polar surface area (TPSA) is 26.3 Å². The van der Waals surface area contributed by atoms with Crippen LogP contribution in [0.2, 0.25) is 0 Å². The number of alkyl halides is 1. The fraction of sp³-hybridized carbons (Fsp3) is 0.462. The molecule has 0 aliphatic carbocycles. The Morgan fingerprint density at radius 1 is 1.44 bits per heavy atom. The van der Waals surface area contributed by atoms with E-state index in [9.17, 15) is 4.79 Å². The maximum absolute atomic E-state index is 11.3. The fourth-order valence-corrected chi connectivity index (χ4v) is 1.91. The third-order valence-corrected chi connectivity index (χ3v) is 3.00. The van der Waals surface area contributed by atoms with Gasteiger partial charge in [-0.05, 0) is 37.5 Å². The van der Waals surface area contributed by atoms with Gasteiger partial charge in [0, 0.05) is 0 Å². The predicted molar refractivity (Wildman–Crippen MR) is 66.3 cm³/mol. The van der Waals surface area contributed by atoms with Crippen LogP contribution in [0.25, 0.3) is 0 Å². The second-order valence-electron chi connectivity index (χ2n) is 3.58. The quantitative estimate of drug-likeness (QED) is 0.737. The van der Waals surface area contributed by atoms with Crippen LogP contribution in [0.4, 0.5) is 0 Å². The van der Waals surface area contributed by atoms with E-state index < -0.39 is 5.38 Å². The smallest absolute Gasteiger partial charge is 0.152 e. The monoisotopic (exact) mass is 240 g/mol. The molecule has 0 aromatic heterocycles. The highest BCUT2D eigenvalue weighted by Gasteiger charge is 2.18. The van der Waals surface area contributed by atoms with Gasteiger partial charge in [0.25, 0.3) is 0 Å². The zero-order chi connectivity index (χ0) is 12.1. The van der Waals surface area contributed by atoms with Gasteiger partial charge >= 0.3 is 0 Å². The van der Waals surface area contributed by atoms with Crippen molar-refractivity contribution in [1.82, 2.24) is 0 Å². The summed E-state index contributed by atoms with van der Waals surface area (Å²) in [5, 5.41) is -0.574. The highest BCUT2D eigenvalue weighted by atomic mass is 35.5. The van der Waals surface area contributed by atoms with Gasteiger partial charge in [0.1, 0.15) is 11.1 Å². The normalized spacial score (nSPS) is 12.2. The van der Waals surface area contributed by atoms with Crippen LogP contribution >= 0.6 is 11.6 Å². The number of carbonyl (C=O) groups excluding carboxylic acids is 1. The molecule has 0 saturated carbocycles. The Kier molecular flexibility index (Phi) is 4.81. The van der Waals surface area contributed by atoms with Gasteiger partial charge in [-0.15, -0.1) is 11.6 Å². The molecule has 0 fully saturated rings. The predicted octanol–water partition coefficient (Wildman–Crippen LogP) is 3.52. The zero-order valence-corrected chi connectivity index (χ0v) is 10.7. The summed E-state index contributed by atoms with van der Waals surface area (Å²) in [6.07, 6.45) is 0.808. The number of rotatable bonds is 5. The molecule has 0 radical (unpaired) electrons. The highest BCUT2D eigenvalue weighted by Crippen LogP contribution is 2.31. The van der Waals surface area contributed by atoms with Gasteiger partial charge < -0.3 is 4.74 Å². The van der Waals surface area contributed by atoms with Crippen LogP contribution in [0.3, 0.4) is 0 Å². The van der Waals surface area contributed by atoms with E-state index in [4.69, 9.17) is 16.3 Å². The lowest BCUT2D eigenvalue weighted by Gasteiger charge is -2.15. The lowest BCUT2D eigenvalue weighted by molar-refractivity contribution is -0.116. The Labute approximate surface area is 102 Å². The Bertz CT molecular complexity index is 374. The Hall–Kier alpha value is -1.02. The summed E-state index contributed by atoms with van der Waals surface area (Å²) >= 11 is 6.09. The number of benzene rings is 1. The molecule has 0 heterocycles. The van der Waals surface area contributed by atoms with Gasteiger partial charge in [0.05, 0.1) is 6.61 Å². The summed E-state index contributed by atoms with van der Waals surface area (Å²) in [5.41, 5.74) is 1.89. The minimum absolute atomic E-state index is 0.0370. The molecule has 0 saturated heterocycles. The summed E-state index contributed by atoms with van der Waals surface area (Å²) < 4.78 is 5.53. The van der Waals surface area contributed by atoms with E-state index in [-0.39, 0.29) is 5.78 Å². The molecule has 88 valence electrons. The summed E-state index contributed by atoms with van der Waals surface area (Å²) in [5.74, 6) is 0.791. The number of hydrogen-bond donors (Lipinski definition) is 0. The van der Waals surface area contributed by atoms with Crippen LogP contribution in [0.15, 0.2) is 18.2 Å². The average molecular weight is 241 g/mol. The van der Waals surface area contributed by atoms with Crippen molar-refractivity contribution < 1.29 is 9.53 Å². The van der Waals surface area contributed by atoms with E-state index in [1.165, 1.54) is 6.92 Å². The van der Waals surface area contributed by atoms with Crippen molar-refractivity contribution in [3.8, 4) is 5.75 Å². The third kappa shape index (κ3) is 2.76. The molecule has 3 heteroatoms. The molecule has 0 N–H and O–H groups in total. The lowest BCUT2D eigenvalue weighted by atomic mass is 9.99. The molecular weight excluding hydrogens is 224 g/mol. The molecule has 0 spiro atoms. The number of hydrogen-bond acceptors (Lipinski definition) is 2. The van der Waals surface area contributed by atoms with E-state index in [1.54, 1.807) is 0 Å². The first kappa shape index (κ1) is 13.0. The number of ether oxygens (including phenoxy) is 1. The maximum Gasteiger partial charge on any atom is 0.152 e. The first-order valence-electron chi connectivity index (χ1n) is 5.50. The number of carbonyl (C=O) groups is 1. The van der Waals surface area contributed by atoms with E-state index >= 15 is 0 Å². The van der Waals surface area contributed by atoms with Crippen molar-refractivity contribution in [2.45, 2.75) is 32.6 Å². The van der Waals surface area contributed by atoms with Gasteiger partial charge in [0.2, 0.25) is 0 Å². The lowest BCUT2D eigenvalue weighted by Crippen LogP contribution is -2.07. The summed E-state index contributed by atoms with van der Waals surface area (Å²) in [7, 11) is 0. The summed E-state index contributed by atoms with van der Waals surface area (Å²) in [4.78, 5) is 11.3. The van der Waals surface area contributed by atoms with Crippen LogP contribution in [0, 0.1) is 0 Å². The molecule has 2 nitrogen and oxygen atoms in total. The average Bonchev–Trinajstić information content (AvgIpc) is 2.28. The van der Waals surface area contributed by atoms with Gasteiger partial charge in [-0.3, -0.25) is 4.79 Å². The van der Waals surface area contributed by atoms with Gasteiger partial charge in [0.15, 0.2) is 5.78 Å². The van der Waals surface area contributed by atoms with Crippen molar-refractivity contribution in [3.63, 3.8) is 0 Å². The molecule has 0 aliphatic rings. The van der Waals surface area contributed by atoms with Gasteiger partial charge in [-0.1, -0.05) is 19.1 Å². The summed E-state index contributed by atoms with van der Waals surface area (Å²) in [6.45, 7) is 6.09. The van der Waals surface area contributed by atoms with Gasteiger partial charge in [-0.25, -0.2) is 0 Å². The standard InChI is InChI=1S/C13H17ClO2/c1-4-10-11(13(14)9(3)15)7-6-8-12(10)16-5-2/h6-8,13H,4-5H2,1-3H3. The van der Waals surface area contributed by atoms with Crippen LogP contribution in [0.5, 0.6) is 5.75 Å². The van der Waals surface area contributed by atoms with Gasteiger partial charge in [-0.2, -0.15) is 0 Å². The molecule has 1 aromatic rings. The molecule has 0 bridgehead atoms. The highest BCUT2D eigenvalue weighted by molar-refractivity contribution is 6.30. The SMILES string of the molecule is CCOc1cccc(C(Cl)C(C)=O)c1CC. The number of ketones is 1. The Morgan fingerprint density at radius 3 is 2.62 bits per heavy atom. The summed E-state index contributed by atoms with van der Waals surface area (Å²) in [6, 6.07) is 5.67. The zero-order valence-electron chi connectivity index (χ0n) is 9.92. The van der Waals surface area contributed by atoms with Crippen molar-refractivity contribution in [1.29, 1.82) is 0 Å². The van der Waals surface area contributed by atoms with Crippen LogP contribution in [-0.4, -0.2) is 12.4 Å². The van der Waals surface area contributed by atoms with Crippen molar-refractivity contribution in [3.05, 3.63) is 29.3 Å². The number of halogens is 1. The number of Topliss-reactive ketones (excluding diaryl/α,β-unsaturated/α-hetero) is 1. The molecule has 16 heavy (non-hydrogen) atoms. The first-order valence-corrected chi connectivity index (χ1v) is 5.94. The first-order chi connectivity index (χ1) is 7.61. The second kappa shape index (κ2) is 5.90. The van der Waals surface area contributed by atoms with Crippen LogP contribution in [0.1, 0.15) is 37.3 Å². The van der Waals surface area contributed by atoms with E-state index in [1.807, 2.05) is 32.0 Å². The minimum atomic E-state index is -0.574. The Balaban J connectivity index is 3.17. The van der Waals surface area contributed by atoms with E-state index in [0.29, 0.717) is 6.61 Å². The molecule has 0 amide bonds. The van der Waals surface area contributed by atoms with Crippen LogP contribution in [-0.2, 0) is 11.2 Å². The van der Waals surface area contributed by atoms with E-state index in [2.05, 4.69) is 0 Å². The van der Waals surface area contributed by atoms with Crippen LogP contribution < -0.4 is 4.74 Å². The third-order valence-electron chi connectivity index (χ3n) is 2.45. The molecule has 1 atom stereocenters. The van der Waals surface area contributed by atoms with Crippen molar-refractivity contribution in [2.75, 3.05) is 6.61 Å². The van der Waals surface area contributed by atoms with E-state index in [0.717, 1.165) is 23.3 Å².